The fourth-order valence-electron chi connectivity index (χ4n) is 5.16. The van der Waals surface area contributed by atoms with E-state index in [9.17, 15) is 9.59 Å². The Bertz CT molecular complexity index is 1570. The Labute approximate surface area is 215 Å². The zero-order valence-electron chi connectivity index (χ0n) is 21.1. The van der Waals surface area contributed by atoms with Crippen molar-refractivity contribution in [1.82, 2.24) is 9.47 Å². The number of anilines is 1. The lowest BCUT2D eigenvalue weighted by atomic mass is 9.96. The number of amides is 1. The summed E-state index contributed by atoms with van der Waals surface area (Å²) in [5, 5.41) is 10.7. The molecule has 1 fully saturated rings. The summed E-state index contributed by atoms with van der Waals surface area (Å²) in [5.41, 5.74) is 5.30. The first-order valence-electron chi connectivity index (χ1n) is 12.3. The Morgan fingerprint density at radius 2 is 1.70 bits per heavy atom. The number of pyridine rings is 1. The van der Waals surface area contributed by atoms with Gasteiger partial charge in [0.1, 0.15) is 0 Å². The van der Waals surface area contributed by atoms with E-state index in [0.29, 0.717) is 30.6 Å². The van der Waals surface area contributed by atoms with Crippen molar-refractivity contribution in [2.24, 2.45) is 0 Å². The lowest BCUT2D eigenvalue weighted by Crippen LogP contribution is -2.54. The molecule has 1 saturated heterocycles. The smallest absolute Gasteiger partial charge is 0.409 e. The largest absolute Gasteiger partial charge is 0.453 e. The van der Waals surface area contributed by atoms with E-state index in [1.54, 1.807) is 21.6 Å². The SMILES string of the molecule is COC(=O)N1CCN(c2ccc(-n3cc(C)c4c(-c5ccc(C#N)cc5)cccc4c3=O)cc2)C[C@H]1C. The molecule has 37 heavy (non-hydrogen) atoms. The van der Waals surface area contributed by atoms with Crippen molar-refractivity contribution in [3.8, 4) is 22.9 Å². The van der Waals surface area contributed by atoms with Crippen molar-refractivity contribution in [2.75, 3.05) is 31.6 Å². The highest BCUT2D eigenvalue weighted by Gasteiger charge is 2.28. The predicted molar refractivity (Wildman–Crippen MR) is 145 cm³/mol. The molecule has 1 aromatic heterocycles. The van der Waals surface area contributed by atoms with Gasteiger partial charge in [0.2, 0.25) is 0 Å². The van der Waals surface area contributed by atoms with Crippen molar-refractivity contribution >= 4 is 22.6 Å². The van der Waals surface area contributed by atoms with Crippen molar-refractivity contribution in [3.05, 3.63) is 94.4 Å². The maximum atomic E-state index is 13.6. The molecule has 4 aromatic rings. The van der Waals surface area contributed by atoms with Gasteiger partial charge in [-0.05, 0) is 78.4 Å². The maximum Gasteiger partial charge on any atom is 0.409 e. The molecule has 0 unspecified atom stereocenters. The normalized spacial score (nSPS) is 15.5. The van der Waals surface area contributed by atoms with E-state index in [-0.39, 0.29) is 17.7 Å². The number of fused-ring (bicyclic) bond motifs is 1. The molecule has 1 amide bonds. The second kappa shape index (κ2) is 9.82. The number of nitrogens with zero attached hydrogens (tertiary/aromatic N) is 4. The molecule has 186 valence electrons. The summed E-state index contributed by atoms with van der Waals surface area (Å²) >= 11 is 0. The summed E-state index contributed by atoms with van der Waals surface area (Å²) in [7, 11) is 1.41. The van der Waals surface area contributed by atoms with Gasteiger partial charge in [-0.3, -0.25) is 9.36 Å². The second-order valence-corrected chi connectivity index (χ2v) is 9.38. The molecular weight excluding hydrogens is 464 g/mol. The molecule has 0 spiro atoms. The molecule has 2 heterocycles. The highest BCUT2D eigenvalue weighted by molar-refractivity contribution is 5.98. The van der Waals surface area contributed by atoms with Crippen LogP contribution in [0.5, 0.6) is 0 Å². The zero-order valence-corrected chi connectivity index (χ0v) is 21.1. The average Bonchev–Trinajstić information content (AvgIpc) is 2.94. The van der Waals surface area contributed by atoms with Crippen molar-refractivity contribution in [1.29, 1.82) is 5.26 Å². The summed E-state index contributed by atoms with van der Waals surface area (Å²) in [6.45, 7) is 6.05. The summed E-state index contributed by atoms with van der Waals surface area (Å²) in [6, 6.07) is 23.4. The summed E-state index contributed by atoms with van der Waals surface area (Å²) in [4.78, 5) is 29.5. The molecule has 0 radical (unpaired) electrons. The van der Waals surface area contributed by atoms with Gasteiger partial charge in [-0.25, -0.2) is 4.79 Å². The first-order valence-corrected chi connectivity index (χ1v) is 12.3. The van der Waals surface area contributed by atoms with Crippen LogP contribution in [-0.2, 0) is 4.74 Å². The number of carbonyl (C=O) groups is 1. The number of carbonyl (C=O) groups excluding carboxylic acids is 1. The predicted octanol–water partition coefficient (Wildman–Crippen LogP) is 5.11. The number of hydrogen-bond donors (Lipinski definition) is 0. The number of nitriles is 1. The highest BCUT2D eigenvalue weighted by atomic mass is 16.5. The Morgan fingerprint density at radius 3 is 2.35 bits per heavy atom. The molecule has 0 aliphatic carbocycles. The van der Waals surface area contributed by atoms with Crippen LogP contribution in [0.15, 0.2) is 77.7 Å². The van der Waals surface area contributed by atoms with Gasteiger partial charge in [-0.15, -0.1) is 0 Å². The molecule has 7 nitrogen and oxygen atoms in total. The second-order valence-electron chi connectivity index (χ2n) is 9.38. The van der Waals surface area contributed by atoms with E-state index in [2.05, 4.69) is 11.0 Å². The molecule has 1 aliphatic heterocycles. The number of benzene rings is 3. The topological polar surface area (TPSA) is 78.6 Å². The van der Waals surface area contributed by atoms with E-state index in [1.165, 1.54) is 7.11 Å². The summed E-state index contributed by atoms with van der Waals surface area (Å²) in [6.07, 6.45) is 1.60. The fraction of sp³-hybridized carbons (Fsp3) is 0.233. The monoisotopic (exact) mass is 492 g/mol. The van der Waals surface area contributed by atoms with Crippen LogP contribution >= 0.6 is 0 Å². The van der Waals surface area contributed by atoms with E-state index in [1.807, 2.05) is 74.6 Å². The van der Waals surface area contributed by atoms with Crippen LogP contribution in [-0.4, -0.2) is 48.3 Å². The van der Waals surface area contributed by atoms with Crippen LogP contribution in [0.1, 0.15) is 18.1 Å². The van der Waals surface area contributed by atoms with Crippen molar-refractivity contribution in [2.45, 2.75) is 19.9 Å². The van der Waals surface area contributed by atoms with Crippen LogP contribution in [0, 0.1) is 18.3 Å². The van der Waals surface area contributed by atoms with E-state index in [0.717, 1.165) is 33.5 Å². The fourth-order valence-corrected chi connectivity index (χ4v) is 5.16. The Morgan fingerprint density at radius 1 is 1.00 bits per heavy atom. The van der Waals surface area contributed by atoms with Crippen LogP contribution in [0.25, 0.3) is 27.6 Å². The van der Waals surface area contributed by atoms with Crippen molar-refractivity contribution in [3.63, 3.8) is 0 Å². The van der Waals surface area contributed by atoms with Gasteiger partial charge in [0.25, 0.3) is 5.56 Å². The van der Waals surface area contributed by atoms with E-state index < -0.39 is 0 Å². The molecule has 0 saturated carbocycles. The van der Waals surface area contributed by atoms with Gasteiger partial charge < -0.3 is 14.5 Å². The molecule has 0 N–H and O–H groups in total. The molecular formula is C30H28N4O3. The molecule has 1 aliphatic rings. The minimum absolute atomic E-state index is 0.0388. The van der Waals surface area contributed by atoms with Gasteiger partial charge in [-0.2, -0.15) is 5.26 Å². The number of aryl methyl sites for hydroxylation is 1. The molecule has 1 atom stereocenters. The van der Waals surface area contributed by atoms with Crippen LogP contribution < -0.4 is 10.5 Å². The summed E-state index contributed by atoms with van der Waals surface area (Å²) < 4.78 is 6.58. The molecule has 5 rings (SSSR count). The average molecular weight is 493 g/mol. The third-order valence-corrected chi connectivity index (χ3v) is 7.09. The lowest BCUT2D eigenvalue weighted by Gasteiger charge is -2.40. The first kappa shape index (κ1) is 24.1. The quantitative estimate of drug-likeness (QED) is 0.397. The number of hydrogen-bond acceptors (Lipinski definition) is 5. The number of aromatic nitrogens is 1. The Kier molecular flexibility index (Phi) is 6.41. The van der Waals surface area contributed by atoms with Gasteiger partial charge in [-0.1, -0.05) is 24.3 Å². The number of methoxy groups -OCH3 is 1. The minimum atomic E-state index is -0.295. The minimum Gasteiger partial charge on any atom is -0.453 e. The van der Waals surface area contributed by atoms with E-state index >= 15 is 0 Å². The van der Waals surface area contributed by atoms with Crippen molar-refractivity contribution < 1.29 is 9.53 Å². The van der Waals surface area contributed by atoms with Gasteiger partial charge in [0.15, 0.2) is 0 Å². The summed E-state index contributed by atoms with van der Waals surface area (Å²) in [5.74, 6) is 0. The Balaban J connectivity index is 1.46. The van der Waals surface area contributed by atoms with Crippen LogP contribution in [0.2, 0.25) is 0 Å². The third kappa shape index (κ3) is 4.43. The zero-order chi connectivity index (χ0) is 26.1. The highest BCUT2D eigenvalue weighted by Crippen LogP contribution is 2.30. The lowest BCUT2D eigenvalue weighted by molar-refractivity contribution is 0.103. The maximum absolute atomic E-state index is 13.6. The number of ether oxygens (including phenoxy) is 1. The molecule has 7 heteroatoms. The van der Waals surface area contributed by atoms with E-state index in [4.69, 9.17) is 10.00 Å². The Hall–Kier alpha value is -4.57. The van der Waals surface area contributed by atoms with Gasteiger partial charge >= 0.3 is 6.09 Å². The molecule has 0 bridgehead atoms. The van der Waals surface area contributed by atoms with Crippen LogP contribution in [0.4, 0.5) is 10.5 Å². The molecule has 3 aromatic carbocycles. The first-order chi connectivity index (χ1) is 17.9. The van der Waals surface area contributed by atoms with Gasteiger partial charge in [0, 0.05) is 48.6 Å². The standard InChI is InChI=1S/C30H28N4O3/c1-20-18-34(25-13-11-24(12-14-25)32-15-16-33(21(2)19-32)30(36)37-3)29(35)27-6-4-5-26(28(20)27)23-9-7-22(17-31)8-10-23/h4-14,18,21H,15-16,19H2,1-3H3/t21-/m1/s1. The number of rotatable bonds is 3. The van der Waals surface area contributed by atoms with Crippen LogP contribution in [0.3, 0.4) is 0 Å². The van der Waals surface area contributed by atoms with Gasteiger partial charge in [0.05, 0.1) is 18.7 Å². The number of piperazine rings is 1. The third-order valence-electron chi connectivity index (χ3n) is 7.09.